The maximum Gasteiger partial charge on any atom is 0.162 e. The van der Waals surface area contributed by atoms with E-state index in [1.807, 2.05) is 12.1 Å². The number of hydrogen-bond donors (Lipinski definition) is 2. The fraction of sp³-hybridized carbons (Fsp3) is 0.667. The van der Waals surface area contributed by atoms with E-state index in [4.69, 9.17) is 18.9 Å². The summed E-state index contributed by atoms with van der Waals surface area (Å²) in [7, 11) is 0. The number of ether oxygens (including phenoxy) is 4. The molecule has 0 fully saturated rings. The van der Waals surface area contributed by atoms with Gasteiger partial charge in [0.2, 0.25) is 0 Å². The van der Waals surface area contributed by atoms with Crippen LogP contribution >= 0.6 is 11.8 Å². The second kappa shape index (κ2) is 23.0. The van der Waals surface area contributed by atoms with E-state index in [0.717, 1.165) is 86.8 Å². The Morgan fingerprint density at radius 3 is 1.02 bits per heavy atom. The Morgan fingerprint density at radius 1 is 0.419 bits per heavy atom. The minimum absolute atomic E-state index is 0.0811. The fourth-order valence-corrected chi connectivity index (χ4v) is 5.65. The second-order valence-electron chi connectivity index (χ2n) is 11.3. The van der Waals surface area contributed by atoms with E-state index in [-0.39, 0.29) is 11.5 Å². The van der Waals surface area contributed by atoms with E-state index in [1.54, 1.807) is 12.1 Å². The number of benzene rings is 2. The van der Waals surface area contributed by atoms with Crippen molar-refractivity contribution in [3.8, 4) is 34.5 Å². The maximum atomic E-state index is 10.8. The average molecular weight is 619 g/mol. The molecule has 2 rings (SSSR count). The molecule has 0 saturated carbocycles. The first-order valence-corrected chi connectivity index (χ1v) is 17.8. The summed E-state index contributed by atoms with van der Waals surface area (Å²) in [4.78, 5) is 1.65. The predicted molar refractivity (Wildman–Crippen MR) is 179 cm³/mol. The summed E-state index contributed by atoms with van der Waals surface area (Å²) in [6.07, 6.45) is 17.6. The van der Waals surface area contributed by atoms with E-state index in [9.17, 15) is 10.2 Å². The van der Waals surface area contributed by atoms with Crippen LogP contribution in [0, 0.1) is 0 Å². The van der Waals surface area contributed by atoms with Gasteiger partial charge < -0.3 is 29.2 Å². The smallest absolute Gasteiger partial charge is 0.162 e. The van der Waals surface area contributed by atoms with Gasteiger partial charge in [0.15, 0.2) is 23.0 Å². The fourth-order valence-electron chi connectivity index (χ4n) is 4.64. The zero-order chi connectivity index (χ0) is 31.1. The van der Waals surface area contributed by atoms with Crippen LogP contribution in [0.5, 0.6) is 34.5 Å². The average Bonchev–Trinajstić information content (AvgIpc) is 3.00. The molecule has 0 aromatic heterocycles. The van der Waals surface area contributed by atoms with Crippen molar-refractivity contribution in [2.24, 2.45) is 0 Å². The van der Waals surface area contributed by atoms with Crippen LogP contribution in [-0.4, -0.2) is 36.6 Å². The molecule has 0 aliphatic heterocycles. The molecule has 0 amide bonds. The summed E-state index contributed by atoms with van der Waals surface area (Å²) in [5.74, 6) is 2.29. The highest BCUT2D eigenvalue weighted by Crippen LogP contribution is 2.47. The number of phenolic OH excluding ortho intramolecular Hbond substituents is 2. The summed E-state index contributed by atoms with van der Waals surface area (Å²) < 4.78 is 24.5. The van der Waals surface area contributed by atoms with E-state index in [2.05, 4.69) is 27.7 Å². The molecule has 2 N–H and O–H groups in total. The van der Waals surface area contributed by atoms with Gasteiger partial charge in [0.05, 0.1) is 36.2 Å². The van der Waals surface area contributed by atoms with Crippen LogP contribution in [0.2, 0.25) is 0 Å². The monoisotopic (exact) mass is 618 g/mol. The number of unbranched alkanes of at least 4 members (excludes halogenated alkanes) is 12. The highest BCUT2D eigenvalue weighted by Gasteiger charge is 2.18. The molecule has 7 heteroatoms. The SMILES string of the molecule is CCCCCCOc1cc(Sc2cc(OCCCCCC)c(O)cc2OCCCCCC)c(OCCCCCC)cc1O. The van der Waals surface area contributed by atoms with Gasteiger partial charge in [-0.15, -0.1) is 0 Å². The molecule has 244 valence electrons. The van der Waals surface area contributed by atoms with Gasteiger partial charge in [0.25, 0.3) is 0 Å². The number of rotatable bonds is 26. The summed E-state index contributed by atoms with van der Waals surface area (Å²) in [5, 5.41) is 21.6. The van der Waals surface area contributed by atoms with Crippen LogP contribution in [0.4, 0.5) is 0 Å². The highest BCUT2D eigenvalue weighted by atomic mass is 32.2. The minimum Gasteiger partial charge on any atom is -0.504 e. The Labute approximate surface area is 265 Å². The molecule has 0 aliphatic carbocycles. The van der Waals surface area contributed by atoms with Crippen molar-refractivity contribution in [1.29, 1.82) is 0 Å². The van der Waals surface area contributed by atoms with E-state index >= 15 is 0 Å². The normalized spacial score (nSPS) is 11.1. The Morgan fingerprint density at radius 2 is 0.721 bits per heavy atom. The first-order chi connectivity index (χ1) is 21.0. The molecule has 43 heavy (non-hydrogen) atoms. The van der Waals surface area contributed by atoms with Crippen molar-refractivity contribution in [2.45, 2.75) is 140 Å². The van der Waals surface area contributed by atoms with Crippen molar-refractivity contribution in [2.75, 3.05) is 26.4 Å². The molecule has 0 saturated heterocycles. The van der Waals surface area contributed by atoms with Gasteiger partial charge in [-0.05, 0) is 25.7 Å². The predicted octanol–water partition coefficient (Wildman–Crippen LogP) is 11.1. The molecule has 2 aromatic rings. The van der Waals surface area contributed by atoms with Crippen molar-refractivity contribution >= 4 is 11.8 Å². The van der Waals surface area contributed by atoms with Crippen molar-refractivity contribution in [3.05, 3.63) is 24.3 Å². The molecule has 0 bridgehead atoms. The lowest BCUT2D eigenvalue weighted by atomic mass is 10.2. The first kappa shape index (κ1) is 36.8. The van der Waals surface area contributed by atoms with Crippen molar-refractivity contribution < 1.29 is 29.2 Å². The molecule has 0 aliphatic rings. The van der Waals surface area contributed by atoms with Crippen LogP contribution in [0.1, 0.15) is 130 Å². The summed E-state index contributed by atoms with van der Waals surface area (Å²) in [6.45, 7) is 11.0. The van der Waals surface area contributed by atoms with Crippen LogP contribution in [0.3, 0.4) is 0 Å². The van der Waals surface area contributed by atoms with Crippen LogP contribution in [-0.2, 0) is 0 Å². The summed E-state index contributed by atoms with van der Waals surface area (Å²) >= 11 is 1.49. The second-order valence-corrected chi connectivity index (χ2v) is 12.4. The van der Waals surface area contributed by atoms with Crippen molar-refractivity contribution in [3.63, 3.8) is 0 Å². The van der Waals surface area contributed by atoms with E-state index in [0.29, 0.717) is 49.4 Å². The molecule has 2 aromatic carbocycles. The molecule has 0 radical (unpaired) electrons. The lowest BCUT2D eigenvalue weighted by Crippen LogP contribution is -2.02. The van der Waals surface area contributed by atoms with Gasteiger partial charge >= 0.3 is 0 Å². The molecular formula is C36H58O6S. The van der Waals surface area contributed by atoms with Gasteiger partial charge in [0.1, 0.15) is 11.5 Å². The van der Waals surface area contributed by atoms with Crippen LogP contribution in [0.25, 0.3) is 0 Å². The molecule has 0 spiro atoms. The highest BCUT2D eigenvalue weighted by molar-refractivity contribution is 7.99. The third-order valence-corrected chi connectivity index (χ3v) is 8.37. The molecular weight excluding hydrogens is 560 g/mol. The Hall–Kier alpha value is -2.41. The molecule has 0 heterocycles. The maximum absolute atomic E-state index is 10.8. The first-order valence-electron chi connectivity index (χ1n) is 17.0. The van der Waals surface area contributed by atoms with Gasteiger partial charge in [-0.2, -0.15) is 0 Å². The summed E-state index contributed by atoms with van der Waals surface area (Å²) in [5.41, 5.74) is 0. The lowest BCUT2D eigenvalue weighted by molar-refractivity contribution is 0.277. The third kappa shape index (κ3) is 14.7. The number of aromatic hydroxyl groups is 2. The van der Waals surface area contributed by atoms with E-state index in [1.165, 1.54) is 37.4 Å². The standard InChI is InChI=1S/C36H58O6S/c1-5-9-13-17-21-39-31-27-35(33(25-29(31)37)41-23-19-15-11-7-3)43-36-28-32(40-22-18-14-10-6-2)30(38)26-34(36)42-24-20-16-12-8-4/h25-28,37-38H,5-24H2,1-4H3. The van der Waals surface area contributed by atoms with E-state index < -0.39 is 0 Å². The number of hydrogen-bond acceptors (Lipinski definition) is 7. The Bertz CT molecular complexity index is 932. The van der Waals surface area contributed by atoms with Crippen LogP contribution in [0.15, 0.2) is 34.1 Å². The quantitative estimate of drug-likeness (QED) is 0.102. The molecule has 0 atom stereocenters. The third-order valence-electron chi connectivity index (χ3n) is 7.29. The number of phenols is 2. The largest absolute Gasteiger partial charge is 0.504 e. The van der Waals surface area contributed by atoms with Crippen molar-refractivity contribution in [1.82, 2.24) is 0 Å². The molecule has 6 nitrogen and oxygen atoms in total. The Kier molecular flexibility index (Phi) is 19.7. The summed E-state index contributed by atoms with van der Waals surface area (Å²) in [6, 6.07) is 7.06. The topological polar surface area (TPSA) is 77.4 Å². The van der Waals surface area contributed by atoms with Crippen LogP contribution < -0.4 is 18.9 Å². The zero-order valence-corrected chi connectivity index (χ0v) is 28.2. The van der Waals surface area contributed by atoms with Gasteiger partial charge in [-0.3, -0.25) is 0 Å². The minimum atomic E-state index is 0.0811. The lowest BCUT2D eigenvalue weighted by Gasteiger charge is -2.18. The Balaban J connectivity index is 2.33. The van der Waals surface area contributed by atoms with Gasteiger partial charge in [-0.25, -0.2) is 0 Å². The van der Waals surface area contributed by atoms with Gasteiger partial charge in [0, 0.05) is 24.3 Å². The zero-order valence-electron chi connectivity index (χ0n) is 27.4. The van der Waals surface area contributed by atoms with Gasteiger partial charge in [-0.1, -0.05) is 117 Å². The molecule has 0 unspecified atom stereocenters.